The molecule has 0 radical (unpaired) electrons. The Morgan fingerprint density at radius 2 is 1.71 bits per heavy atom. The number of carboxylic acid groups (broad SMARTS) is 1. The molecule has 0 bridgehead atoms. The molecule has 0 aromatic heterocycles. The summed E-state index contributed by atoms with van der Waals surface area (Å²) in [7, 11) is 0. The fourth-order valence-corrected chi connectivity index (χ4v) is 1.07. The van der Waals surface area contributed by atoms with Gasteiger partial charge in [-0.1, -0.05) is 13.8 Å². The number of rotatable bonds is 4. The minimum absolute atomic E-state index is 0. The van der Waals surface area contributed by atoms with E-state index in [-0.39, 0.29) is 63.2 Å². The summed E-state index contributed by atoms with van der Waals surface area (Å²) in [4.78, 5) is 22.0. The molecule has 90 valence electrons. The van der Waals surface area contributed by atoms with Crippen molar-refractivity contribution < 1.29 is 22.3 Å². The van der Waals surface area contributed by atoms with E-state index in [9.17, 15) is 9.59 Å². The second-order valence-electron chi connectivity index (χ2n) is 3.87. The third-order valence-electron chi connectivity index (χ3n) is 1.92. The fourth-order valence-electron chi connectivity index (χ4n) is 1.07. The molecule has 0 unspecified atom stereocenters. The zero-order valence-electron chi connectivity index (χ0n) is 12.0. The van der Waals surface area contributed by atoms with E-state index in [0.717, 1.165) is 0 Å². The van der Waals surface area contributed by atoms with E-state index in [1.165, 1.54) is 24.3 Å². The Kier molecular flexibility index (Phi) is 7.82. The Morgan fingerprint density at radius 1 is 1.24 bits per heavy atom. The Balaban J connectivity index is -0.000000853. The summed E-state index contributed by atoms with van der Waals surface area (Å²) in [5.74, 6) is -1.16. The molecule has 4 nitrogen and oxygen atoms in total. The number of ether oxygens (including phenoxy) is 1. The summed E-state index contributed by atoms with van der Waals surface area (Å²) < 4.78 is 5.00. The second-order valence-corrected chi connectivity index (χ2v) is 3.87. The first-order valence-electron chi connectivity index (χ1n) is 5.01. The molecular formula is C12H16BaO4. The van der Waals surface area contributed by atoms with Gasteiger partial charge >= 0.3 is 60.8 Å². The molecule has 0 spiro atoms. The smallest absolute Gasteiger partial charge is 1.00 e. The molecule has 0 aliphatic carbocycles. The summed E-state index contributed by atoms with van der Waals surface area (Å²) >= 11 is 0. The third kappa shape index (κ3) is 5.74. The van der Waals surface area contributed by atoms with Gasteiger partial charge in [0.1, 0.15) is 0 Å². The van der Waals surface area contributed by atoms with Gasteiger partial charge in [0.15, 0.2) is 0 Å². The molecule has 0 aliphatic heterocycles. The fraction of sp³-hybridized carbons (Fsp3) is 0.333. The van der Waals surface area contributed by atoms with Gasteiger partial charge in [-0.15, -0.1) is 0 Å². The molecule has 5 heteroatoms. The van der Waals surface area contributed by atoms with Gasteiger partial charge in [0.25, 0.3) is 0 Å². The first-order valence-corrected chi connectivity index (χ1v) is 5.01. The SMILES string of the molecule is CC(C)COC(=O)c1ccc(C(=O)O)cc1.[Ba+2].[H-].[H-]. The molecule has 0 fully saturated rings. The largest absolute Gasteiger partial charge is 2.00 e. The van der Waals surface area contributed by atoms with Gasteiger partial charge in [-0.05, 0) is 30.2 Å². The van der Waals surface area contributed by atoms with Crippen LogP contribution in [0.4, 0.5) is 0 Å². The molecule has 17 heavy (non-hydrogen) atoms. The summed E-state index contributed by atoms with van der Waals surface area (Å²) in [5.41, 5.74) is 0.519. The standard InChI is InChI=1S/C12H14O4.Ba.2H/c1-8(2)7-16-12(15)10-5-3-9(4-6-10)11(13)14;;;/h3-6,8H,7H2,1-2H3,(H,13,14);;;/q;+2;2*-1. The summed E-state index contributed by atoms with van der Waals surface area (Å²) in [6.45, 7) is 4.25. The second kappa shape index (κ2) is 7.94. The summed E-state index contributed by atoms with van der Waals surface area (Å²) in [5, 5.41) is 8.67. The Bertz CT molecular complexity index is 393. The maximum atomic E-state index is 11.5. The van der Waals surface area contributed by atoms with Crippen LogP contribution in [0, 0.1) is 5.92 Å². The number of hydrogen-bond donors (Lipinski definition) is 1. The molecule has 0 saturated heterocycles. The summed E-state index contributed by atoms with van der Waals surface area (Å²) in [6.07, 6.45) is 0. The molecule has 1 aromatic rings. The minimum atomic E-state index is -1.01. The molecule has 0 aliphatic rings. The van der Waals surface area contributed by atoms with Crippen LogP contribution < -0.4 is 0 Å². The maximum Gasteiger partial charge on any atom is 2.00 e. The van der Waals surface area contributed by atoms with Crippen molar-refractivity contribution in [3.63, 3.8) is 0 Å². The van der Waals surface area contributed by atoms with Crippen molar-refractivity contribution in [2.75, 3.05) is 6.61 Å². The number of carboxylic acids is 1. The van der Waals surface area contributed by atoms with Gasteiger partial charge in [0, 0.05) is 0 Å². The van der Waals surface area contributed by atoms with Gasteiger partial charge in [-0.2, -0.15) is 0 Å². The van der Waals surface area contributed by atoms with Crippen molar-refractivity contribution in [3.05, 3.63) is 35.4 Å². The molecule has 1 aromatic carbocycles. The van der Waals surface area contributed by atoms with E-state index in [0.29, 0.717) is 12.2 Å². The molecule has 0 saturated carbocycles. The zero-order valence-corrected chi connectivity index (χ0v) is 14.4. The topological polar surface area (TPSA) is 63.6 Å². The van der Waals surface area contributed by atoms with Crippen LogP contribution in [0.5, 0.6) is 0 Å². The normalized spacial score (nSPS) is 9.59. The zero-order chi connectivity index (χ0) is 12.1. The van der Waals surface area contributed by atoms with E-state index in [1.807, 2.05) is 13.8 Å². The van der Waals surface area contributed by atoms with Gasteiger partial charge in [-0.25, -0.2) is 9.59 Å². The van der Waals surface area contributed by atoms with Crippen LogP contribution in [-0.2, 0) is 4.74 Å². The van der Waals surface area contributed by atoms with Crippen LogP contribution in [0.25, 0.3) is 0 Å². The number of carbonyl (C=O) groups excluding carboxylic acids is 1. The van der Waals surface area contributed by atoms with Crippen LogP contribution in [0.15, 0.2) is 24.3 Å². The predicted molar refractivity (Wildman–Crippen MR) is 66.5 cm³/mol. The monoisotopic (exact) mass is 362 g/mol. The first kappa shape index (κ1) is 16.7. The molecule has 0 atom stereocenters. The van der Waals surface area contributed by atoms with Crippen molar-refractivity contribution in [1.82, 2.24) is 0 Å². The van der Waals surface area contributed by atoms with E-state index >= 15 is 0 Å². The first-order chi connectivity index (χ1) is 7.50. The summed E-state index contributed by atoms with van der Waals surface area (Å²) in [6, 6.07) is 5.67. The van der Waals surface area contributed by atoms with Crippen LogP contribution in [0.3, 0.4) is 0 Å². The predicted octanol–water partition coefficient (Wildman–Crippen LogP) is 2.04. The van der Waals surface area contributed by atoms with Crippen molar-refractivity contribution in [2.45, 2.75) is 13.8 Å². The van der Waals surface area contributed by atoms with Crippen LogP contribution in [0.1, 0.15) is 37.4 Å². The van der Waals surface area contributed by atoms with Gasteiger partial charge in [-0.3, -0.25) is 0 Å². The van der Waals surface area contributed by atoms with E-state index in [1.54, 1.807) is 0 Å². The van der Waals surface area contributed by atoms with Crippen molar-refractivity contribution in [3.8, 4) is 0 Å². The molecule has 1 rings (SSSR count). The number of aromatic carboxylic acids is 1. The van der Waals surface area contributed by atoms with Crippen LogP contribution in [-0.4, -0.2) is 72.5 Å². The number of hydrogen-bond acceptors (Lipinski definition) is 3. The van der Waals surface area contributed by atoms with Crippen molar-refractivity contribution >= 4 is 60.8 Å². The maximum absolute atomic E-state index is 11.5. The average molecular weight is 362 g/mol. The number of esters is 1. The molecule has 0 heterocycles. The molecular weight excluding hydrogens is 345 g/mol. The Labute approximate surface area is 143 Å². The van der Waals surface area contributed by atoms with E-state index < -0.39 is 11.9 Å². The molecule has 1 N–H and O–H groups in total. The van der Waals surface area contributed by atoms with E-state index in [4.69, 9.17) is 9.84 Å². The van der Waals surface area contributed by atoms with Gasteiger partial charge < -0.3 is 12.7 Å². The Morgan fingerprint density at radius 3 is 2.12 bits per heavy atom. The minimum Gasteiger partial charge on any atom is -1.00 e. The van der Waals surface area contributed by atoms with Crippen LogP contribution in [0.2, 0.25) is 0 Å². The van der Waals surface area contributed by atoms with Gasteiger partial charge in [0.2, 0.25) is 0 Å². The average Bonchev–Trinajstić information content (AvgIpc) is 2.26. The number of benzene rings is 1. The van der Waals surface area contributed by atoms with E-state index in [2.05, 4.69) is 0 Å². The molecule has 0 amide bonds. The van der Waals surface area contributed by atoms with Gasteiger partial charge in [0.05, 0.1) is 17.7 Å². The van der Waals surface area contributed by atoms with Crippen LogP contribution >= 0.6 is 0 Å². The number of carbonyl (C=O) groups is 2. The quantitative estimate of drug-likeness (QED) is 0.658. The third-order valence-corrected chi connectivity index (χ3v) is 1.92. The Hall–Kier alpha value is -0.269. The van der Waals surface area contributed by atoms with Crippen molar-refractivity contribution in [1.29, 1.82) is 0 Å². The van der Waals surface area contributed by atoms with Crippen molar-refractivity contribution in [2.24, 2.45) is 5.92 Å².